The van der Waals surface area contributed by atoms with Crippen LogP contribution in [0.1, 0.15) is 24.7 Å². The molecular formula is C16H18N4. The quantitative estimate of drug-likeness (QED) is 0.790. The van der Waals surface area contributed by atoms with Crippen LogP contribution in [0.3, 0.4) is 0 Å². The van der Waals surface area contributed by atoms with Crippen molar-refractivity contribution in [2.24, 2.45) is 5.73 Å². The van der Waals surface area contributed by atoms with E-state index in [1.807, 2.05) is 30.6 Å². The number of nitrogens with zero attached hydrogens (tertiary/aromatic N) is 3. The molecule has 0 saturated heterocycles. The molecule has 0 spiro atoms. The molecule has 102 valence electrons. The number of aryl methyl sites for hydroxylation is 1. The van der Waals surface area contributed by atoms with Gasteiger partial charge in [0, 0.05) is 36.3 Å². The largest absolute Gasteiger partial charge is 0.326 e. The Hall–Kier alpha value is -2.20. The number of hydrogen-bond donors (Lipinski definition) is 1. The first-order valence-electron chi connectivity index (χ1n) is 6.94. The van der Waals surface area contributed by atoms with E-state index in [-0.39, 0.29) is 0 Å². The van der Waals surface area contributed by atoms with E-state index in [0.29, 0.717) is 6.54 Å². The molecule has 0 bridgehead atoms. The van der Waals surface area contributed by atoms with Crippen LogP contribution >= 0.6 is 0 Å². The fourth-order valence-corrected chi connectivity index (χ4v) is 2.44. The van der Waals surface area contributed by atoms with Crippen LogP contribution in [0.4, 0.5) is 0 Å². The van der Waals surface area contributed by atoms with Crippen LogP contribution in [0.2, 0.25) is 0 Å². The minimum Gasteiger partial charge on any atom is -0.326 e. The fraction of sp³-hybridized carbons (Fsp3) is 0.250. The summed E-state index contributed by atoms with van der Waals surface area (Å²) in [5, 5.41) is 1.12. The van der Waals surface area contributed by atoms with E-state index in [9.17, 15) is 0 Å². The molecule has 4 heteroatoms. The molecule has 0 unspecified atom stereocenters. The summed E-state index contributed by atoms with van der Waals surface area (Å²) >= 11 is 0. The summed E-state index contributed by atoms with van der Waals surface area (Å²) in [6, 6.07) is 10.2. The molecule has 1 aromatic carbocycles. The maximum atomic E-state index is 5.90. The highest BCUT2D eigenvalue weighted by Crippen LogP contribution is 2.21. The number of aromatic nitrogens is 3. The van der Waals surface area contributed by atoms with E-state index >= 15 is 0 Å². The van der Waals surface area contributed by atoms with Crippen LogP contribution in [-0.2, 0) is 13.0 Å². The lowest BCUT2D eigenvalue weighted by Gasteiger charge is -2.12. The van der Waals surface area contributed by atoms with Crippen LogP contribution < -0.4 is 5.73 Å². The van der Waals surface area contributed by atoms with Crippen molar-refractivity contribution in [3.8, 4) is 5.82 Å². The number of fused-ring (bicyclic) bond motifs is 1. The summed E-state index contributed by atoms with van der Waals surface area (Å²) < 4.78 is 2.05. The van der Waals surface area contributed by atoms with Gasteiger partial charge in [-0.25, -0.2) is 9.97 Å². The van der Waals surface area contributed by atoms with Crippen molar-refractivity contribution in [2.45, 2.75) is 26.3 Å². The van der Waals surface area contributed by atoms with Crippen LogP contribution in [0.25, 0.3) is 16.7 Å². The second-order valence-electron chi connectivity index (χ2n) is 4.83. The average Bonchev–Trinajstić information content (AvgIpc) is 2.94. The molecule has 20 heavy (non-hydrogen) atoms. The molecule has 2 aromatic heterocycles. The first kappa shape index (κ1) is 12.8. The highest BCUT2D eigenvalue weighted by molar-refractivity contribution is 5.80. The molecule has 2 heterocycles. The monoisotopic (exact) mass is 266 g/mol. The van der Waals surface area contributed by atoms with Crippen LogP contribution in [0, 0.1) is 0 Å². The van der Waals surface area contributed by atoms with Crippen molar-refractivity contribution in [3.05, 3.63) is 54.1 Å². The molecule has 0 fully saturated rings. The maximum absolute atomic E-state index is 5.90. The SMILES string of the molecule is CCCc1nccn1-c1nc2ccccc2cc1CN. The predicted octanol–water partition coefficient (Wildman–Crippen LogP) is 2.83. The van der Waals surface area contributed by atoms with Gasteiger partial charge in [-0.05, 0) is 18.6 Å². The number of para-hydroxylation sites is 1. The normalized spacial score (nSPS) is 11.1. The lowest BCUT2D eigenvalue weighted by Crippen LogP contribution is -2.09. The second-order valence-corrected chi connectivity index (χ2v) is 4.83. The number of hydrogen-bond acceptors (Lipinski definition) is 3. The molecule has 4 nitrogen and oxygen atoms in total. The highest BCUT2D eigenvalue weighted by atomic mass is 15.1. The van der Waals surface area contributed by atoms with Gasteiger partial charge in [-0.3, -0.25) is 4.57 Å². The number of rotatable bonds is 4. The summed E-state index contributed by atoms with van der Waals surface area (Å²) in [6.45, 7) is 2.62. The Kier molecular flexibility index (Phi) is 3.48. The summed E-state index contributed by atoms with van der Waals surface area (Å²) in [5.74, 6) is 1.93. The topological polar surface area (TPSA) is 56.7 Å². The van der Waals surface area contributed by atoms with E-state index < -0.39 is 0 Å². The van der Waals surface area contributed by atoms with Crippen molar-refractivity contribution in [1.82, 2.24) is 14.5 Å². The molecule has 3 aromatic rings. The van der Waals surface area contributed by atoms with E-state index in [0.717, 1.165) is 41.0 Å². The van der Waals surface area contributed by atoms with Crippen molar-refractivity contribution in [2.75, 3.05) is 0 Å². The third-order valence-electron chi connectivity index (χ3n) is 3.42. The zero-order chi connectivity index (χ0) is 13.9. The van der Waals surface area contributed by atoms with Crippen molar-refractivity contribution >= 4 is 10.9 Å². The molecule has 0 amide bonds. The van der Waals surface area contributed by atoms with Gasteiger partial charge in [-0.1, -0.05) is 25.1 Å². The Bertz CT molecular complexity index is 730. The lowest BCUT2D eigenvalue weighted by molar-refractivity contribution is 0.792. The Balaban J connectivity index is 2.20. The third-order valence-corrected chi connectivity index (χ3v) is 3.42. The summed E-state index contributed by atoms with van der Waals surface area (Å²) in [5.41, 5.74) is 7.92. The fourth-order valence-electron chi connectivity index (χ4n) is 2.44. The van der Waals surface area contributed by atoms with Crippen LogP contribution in [0.5, 0.6) is 0 Å². The number of pyridine rings is 1. The molecule has 0 atom stereocenters. The van der Waals surface area contributed by atoms with Gasteiger partial charge >= 0.3 is 0 Å². The maximum Gasteiger partial charge on any atom is 0.143 e. The van der Waals surface area contributed by atoms with Gasteiger partial charge in [0.25, 0.3) is 0 Å². The third kappa shape index (κ3) is 2.18. The van der Waals surface area contributed by atoms with Crippen molar-refractivity contribution < 1.29 is 0 Å². The average molecular weight is 266 g/mol. The van der Waals surface area contributed by atoms with Crippen molar-refractivity contribution in [3.63, 3.8) is 0 Å². The zero-order valence-corrected chi connectivity index (χ0v) is 11.6. The molecule has 0 aliphatic carbocycles. The van der Waals surface area contributed by atoms with Gasteiger partial charge in [-0.15, -0.1) is 0 Å². The summed E-state index contributed by atoms with van der Waals surface area (Å²) in [4.78, 5) is 9.19. The molecule has 0 aliphatic rings. The van der Waals surface area contributed by atoms with E-state index in [2.05, 4.69) is 28.6 Å². The van der Waals surface area contributed by atoms with Gasteiger partial charge in [-0.2, -0.15) is 0 Å². The van der Waals surface area contributed by atoms with E-state index in [1.54, 1.807) is 0 Å². The minimum atomic E-state index is 0.469. The highest BCUT2D eigenvalue weighted by Gasteiger charge is 2.11. The zero-order valence-electron chi connectivity index (χ0n) is 11.6. The number of imidazole rings is 1. The van der Waals surface area contributed by atoms with Gasteiger partial charge in [0.2, 0.25) is 0 Å². The van der Waals surface area contributed by atoms with E-state index in [1.165, 1.54) is 0 Å². The van der Waals surface area contributed by atoms with Gasteiger partial charge in [0.15, 0.2) is 0 Å². The van der Waals surface area contributed by atoms with Gasteiger partial charge in [0.1, 0.15) is 11.6 Å². The molecule has 0 aliphatic heterocycles. The summed E-state index contributed by atoms with van der Waals surface area (Å²) in [6.07, 6.45) is 5.78. The molecule has 2 N–H and O–H groups in total. The van der Waals surface area contributed by atoms with Gasteiger partial charge in [0.05, 0.1) is 5.52 Å². The van der Waals surface area contributed by atoms with Crippen LogP contribution in [-0.4, -0.2) is 14.5 Å². The molecular weight excluding hydrogens is 248 g/mol. The Morgan fingerprint density at radius 1 is 1.25 bits per heavy atom. The lowest BCUT2D eigenvalue weighted by atomic mass is 10.1. The number of benzene rings is 1. The molecule has 3 rings (SSSR count). The van der Waals surface area contributed by atoms with Gasteiger partial charge < -0.3 is 5.73 Å². The minimum absolute atomic E-state index is 0.469. The Morgan fingerprint density at radius 3 is 2.90 bits per heavy atom. The number of nitrogens with two attached hydrogens (primary N) is 1. The first-order chi connectivity index (χ1) is 9.83. The standard InChI is InChI=1S/C16H18N4/c1-2-5-15-18-8-9-20(15)16-13(11-17)10-12-6-3-4-7-14(12)19-16/h3-4,6-10H,2,5,11,17H2,1H3. The predicted molar refractivity (Wildman–Crippen MR) is 80.8 cm³/mol. The van der Waals surface area contributed by atoms with E-state index in [4.69, 9.17) is 10.7 Å². The molecule has 0 radical (unpaired) electrons. The molecule has 0 saturated carbocycles. The second kappa shape index (κ2) is 5.43. The Labute approximate surface area is 118 Å². The smallest absolute Gasteiger partial charge is 0.143 e. The summed E-state index contributed by atoms with van der Waals surface area (Å²) in [7, 11) is 0. The van der Waals surface area contributed by atoms with Crippen LogP contribution in [0.15, 0.2) is 42.7 Å². The van der Waals surface area contributed by atoms with Crippen molar-refractivity contribution in [1.29, 1.82) is 0 Å². The first-order valence-corrected chi connectivity index (χ1v) is 6.94. The Morgan fingerprint density at radius 2 is 2.10 bits per heavy atom.